The van der Waals surface area contributed by atoms with Gasteiger partial charge in [-0.2, -0.15) is 4.98 Å². The summed E-state index contributed by atoms with van der Waals surface area (Å²) in [5, 5.41) is 5.87. The Morgan fingerprint density at radius 3 is 2.48 bits per heavy atom. The molecule has 3 saturated carbocycles. The molecule has 3 aliphatic carbocycles. The number of benzene rings is 2. The van der Waals surface area contributed by atoms with Gasteiger partial charge >= 0.3 is 0 Å². The lowest BCUT2D eigenvalue weighted by Gasteiger charge is -2.23. The fourth-order valence-corrected chi connectivity index (χ4v) is 8.48. The summed E-state index contributed by atoms with van der Waals surface area (Å²) in [7, 11) is -2.28. The molecule has 0 radical (unpaired) electrons. The Hall–Kier alpha value is -4.59. The van der Waals surface area contributed by atoms with Gasteiger partial charge in [-0.05, 0) is 94.7 Å². The van der Waals surface area contributed by atoms with Crippen molar-refractivity contribution in [2.24, 2.45) is 17.8 Å². The summed E-state index contributed by atoms with van der Waals surface area (Å²) in [4.78, 5) is 50.7. The quantitative estimate of drug-likeness (QED) is 0.310. The zero-order valence-corrected chi connectivity index (χ0v) is 28.7. The first-order chi connectivity index (χ1) is 24.0. The molecule has 264 valence electrons. The van der Waals surface area contributed by atoms with E-state index in [2.05, 4.69) is 15.4 Å². The number of hydrogen-bond acceptors (Lipinski definition) is 9. The predicted octanol–water partition coefficient (Wildman–Crippen LogP) is 3.87. The number of fused-ring (bicyclic) bond motifs is 3. The van der Waals surface area contributed by atoms with Gasteiger partial charge in [0.25, 0.3) is 5.91 Å². The molecule has 3 N–H and O–H groups in total. The monoisotopic (exact) mass is 705 g/mol. The number of rotatable bonds is 7. The Morgan fingerprint density at radius 2 is 1.76 bits per heavy atom. The summed E-state index contributed by atoms with van der Waals surface area (Å²) in [6.45, 7) is 2.32. The molecule has 5 atom stereocenters. The SMILES string of the molecule is COc1ccc2c(O[C@H]3C[C@H]4C(=O)NCCCC/C=C\[C@@H]5C[C@@]5(C(=O)NS(=O)(=O)C5CC5)NC(=O)[C@@H]4C3)nc(-c3ccc(F)cc3)nc2c1C. The largest absolute Gasteiger partial charge is 0.496 e. The Labute approximate surface area is 289 Å². The minimum Gasteiger partial charge on any atom is -0.496 e. The average molecular weight is 706 g/mol. The molecule has 50 heavy (non-hydrogen) atoms. The molecule has 2 heterocycles. The molecule has 1 aromatic heterocycles. The van der Waals surface area contributed by atoms with E-state index in [1.165, 1.54) is 12.1 Å². The molecule has 0 bridgehead atoms. The zero-order valence-electron chi connectivity index (χ0n) is 27.9. The van der Waals surface area contributed by atoms with Gasteiger partial charge in [0.1, 0.15) is 23.2 Å². The summed E-state index contributed by atoms with van der Waals surface area (Å²) < 4.78 is 53.5. The lowest BCUT2D eigenvalue weighted by Crippen LogP contribution is -2.54. The molecule has 14 heteroatoms. The van der Waals surface area contributed by atoms with E-state index in [1.54, 1.807) is 31.4 Å². The summed E-state index contributed by atoms with van der Waals surface area (Å²) in [6.07, 6.45) is 7.06. The Morgan fingerprint density at radius 1 is 1.02 bits per heavy atom. The van der Waals surface area contributed by atoms with Gasteiger partial charge in [0, 0.05) is 23.6 Å². The number of allylic oxidation sites excluding steroid dienone is 1. The molecular weight excluding hydrogens is 665 g/mol. The van der Waals surface area contributed by atoms with Crippen LogP contribution in [0.3, 0.4) is 0 Å². The van der Waals surface area contributed by atoms with E-state index in [4.69, 9.17) is 19.4 Å². The van der Waals surface area contributed by atoms with Crippen molar-refractivity contribution in [3.05, 3.63) is 59.9 Å². The van der Waals surface area contributed by atoms with Gasteiger partial charge in [-0.25, -0.2) is 17.8 Å². The van der Waals surface area contributed by atoms with Crippen molar-refractivity contribution >= 4 is 38.6 Å². The highest BCUT2D eigenvalue weighted by molar-refractivity contribution is 7.91. The van der Waals surface area contributed by atoms with Crippen LogP contribution >= 0.6 is 0 Å². The van der Waals surface area contributed by atoms with Gasteiger partial charge in [0.2, 0.25) is 27.7 Å². The number of methoxy groups -OCH3 is 1. The maximum absolute atomic E-state index is 14.1. The van der Waals surface area contributed by atoms with Crippen LogP contribution in [0.25, 0.3) is 22.3 Å². The van der Waals surface area contributed by atoms with Crippen LogP contribution in [0, 0.1) is 30.5 Å². The van der Waals surface area contributed by atoms with Crippen molar-refractivity contribution in [1.82, 2.24) is 25.3 Å². The molecule has 0 unspecified atom stereocenters. The minimum absolute atomic E-state index is 0.148. The molecule has 2 aromatic carbocycles. The zero-order chi connectivity index (χ0) is 35.2. The summed E-state index contributed by atoms with van der Waals surface area (Å²) in [5.41, 5.74) is 0.462. The third-order valence-electron chi connectivity index (χ3n) is 10.3. The van der Waals surface area contributed by atoms with Crippen molar-refractivity contribution in [2.45, 2.75) is 75.2 Å². The Bertz CT molecular complexity index is 1980. The highest BCUT2D eigenvalue weighted by atomic mass is 32.2. The average Bonchev–Trinajstić information content (AvgIpc) is 4.02. The number of nitrogens with zero attached hydrogens (tertiary/aromatic N) is 2. The molecule has 3 aromatic rings. The standard InChI is InChI=1S/C36H40FN5O7S/c1-20-29(48-2)15-14-26-30(20)39-31(21-8-10-23(37)11-9-21)40-34(26)49-24-17-27-28(18-24)33(44)41-36(35(45)42-50(46,47)25-12-13-25)19-22(36)7-5-3-4-6-16-38-32(27)43/h5,7-11,14-15,22,24-25,27-28H,3-4,6,12-13,16-19H2,1-2H3,(H,38,43)(H,41,44)(H,42,45)/b7-5-/t22-,24+,27-,28-,36-/m1/s1. The maximum atomic E-state index is 14.1. The van der Waals surface area contributed by atoms with Gasteiger partial charge in [-0.1, -0.05) is 12.2 Å². The van der Waals surface area contributed by atoms with Crippen LogP contribution in [0.2, 0.25) is 0 Å². The number of aromatic nitrogens is 2. The third kappa shape index (κ3) is 6.64. The predicted molar refractivity (Wildman–Crippen MR) is 182 cm³/mol. The van der Waals surface area contributed by atoms with E-state index in [0.717, 1.165) is 24.8 Å². The highest BCUT2D eigenvalue weighted by Gasteiger charge is 2.62. The summed E-state index contributed by atoms with van der Waals surface area (Å²) >= 11 is 0. The van der Waals surface area contributed by atoms with Crippen LogP contribution < -0.4 is 24.8 Å². The van der Waals surface area contributed by atoms with Crippen LogP contribution in [0.1, 0.15) is 56.9 Å². The van der Waals surface area contributed by atoms with Gasteiger partial charge in [0.15, 0.2) is 5.82 Å². The number of carbonyl (C=O) groups excluding carboxylic acids is 3. The van der Waals surface area contributed by atoms with Crippen LogP contribution in [-0.2, 0) is 24.4 Å². The van der Waals surface area contributed by atoms with Crippen molar-refractivity contribution < 1.29 is 36.7 Å². The van der Waals surface area contributed by atoms with E-state index in [-0.39, 0.29) is 37.0 Å². The Balaban J connectivity index is 1.19. The van der Waals surface area contributed by atoms with Crippen LogP contribution in [-0.4, -0.2) is 66.7 Å². The fraction of sp³-hybridized carbons (Fsp3) is 0.472. The van der Waals surface area contributed by atoms with Gasteiger partial charge < -0.3 is 20.1 Å². The van der Waals surface area contributed by atoms with E-state index >= 15 is 0 Å². The first kappa shape index (κ1) is 33.9. The van der Waals surface area contributed by atoms with Crippen LogP contribution in [0.15, 0.2) is 48.6 Å². The minimum atomic E-state index is -3.84. The second-order valence-electron chi connectivity index (χ2n) is 13.7. The summed E-state index contributed by atoms with van der Waals surface area (Å²) in [6, 6.07) is 9.36. The number of ether oxygens (including phenoxy) is 2. The van der Waals surface area contributed by atoms with Gasteiger partial charge in [-0.3, -0.25) is 19.1 Å². The second-order valence-corrected chi connectivity index (χ2v) is 15.7. The van der Waals surface area contributed by atoms with Crippen LogP contribution in [0.4, 0.5) is 4.39 Å². The third-order valence-corrected chi connectivity index (χ3v) is 12.1. The lowest BCUT2D eigenvalue weighted by atomic mass is 9.93. The molecule has 4 aliphatic rings. The van der Waals surface area contributed by atoms with E-state index in [0.29, 0.717) is 47.4 Å². The number of carbonyl (C=O) groups is 3. The van der Waals surface area contributed by atoms with E-state index in [9.17, 15) is 27.2 Å². The normalized spacial score (nSPS) is 27.6. The molecule has 7 rings (SSSR count). The number of halogens is 1. The van der Waals surface area contributed by atoms with E-state index in [1.807, 2.05) is 19.1 Å². The lowest BCUT2D eigenvalue weighted by molar-refractivity contribution is -0.136. The number of nitrogens with one attached hydrogen (secondary N) is 3. The second kappa shape index (κ2) is 13.3. The topological polar surface area (TPSA) is 166 Å². The van der Waals surface area contributed by atoms with Gasteiger partial charge in [0.05, 0.1) is 35.1 Å². The summed E-state index contributed by atoms with van der Waals surface area (Å²) in [5.74, 6) is -2.79. The molecule has 3 fully saturated rings. The van der Waals surface area contributed by atoms with E-state index < -0.39 is 56.4 Å². The van der Waals surface area contributed by atoms with Crippen molar-refractivity contribution in [3.63, 3.8) is 0 Å². The smallest absolute Gasteiger partial charge is 0.259 e. The van der Waals surface area contributed by atoms with Crippen molar-refractivity contribution in [3.8, 4) is 23.0 Å². The molecule has 0 saturated heterocycles. The molecule has 3 amide bonds. The fourth-order valence-electron chi connectivity index (χ4n) is 7.12. The van der Waals surface area contributed by atoms with Crippen molar-refractivity contribution in [1.29, 1.82) is 0 Å². The number of hydrogen-bond donors (Lipinski definition) is 3. The van der Waals surface area contributed by atoms with Gasteiger partial charge in [-0.15, -0.1) is 0 Å². The number of sulfonamides is 1. The first-order valence-corrected chi connectivity index (χ1v) is 18.6. The maximum Gasteiger partial charge on any atom is 0.259 e. The molecule has 0 spiro atoms. The number of amides is 3. The number of aryl methyl sites for hydroxylation is 1. The molecule has 1 aliphatic heterocycles. The van der Waals surface area contributed by atoms with Crippen LogP contribution in [0.5, 0.6) is 11.6 Å². The molecular formula is C36H40FN5O7S. The van der Waals surface area contributed by atoms with Crippen molar-refractivity contribution in [2.75, 3.05) is 13.7 Å². The first-order valence-electron chi connectivity index (χ1n) is 17.1. The molecule has 12 nitrogen and oxygen atoms in total. The highest BCUT2D eigenvalue weighted by Crippen LogP contribution is 2.47. The Kier molecular flexibility index (Phi) is 8.99.